The number of hydrogen-bond acceptors (Lipinski definition) is 5. The van der Waals surface area contributed by atoms with Gasteiger partial charge in [0, 0.05) is 19.7 Å². The number of hydrogen-bond donors (Lipinski definition) is 1. The molecule has 0 aliphatic carbocycles. The molecule has 1 unspecified atom stereocenters. The summed E-state index contributed by atoms with van der Waals surface area (Å²) in [4.78, 5) is 25.1. The highest BCUT2D eigenvalue weighted by Gasteiger charge is 2.29. The fraction of sp³-hybridized carbons (Fsp3) is 0.857. The van der Waals surface area contributed by atoms with Crippen LogP contribution in [0.4, 0.5) is 0 Å². The molecule has 6 heteroatoms. The third-order valence-electron chi connectivity index (χ3n) is 3.27. The number of carbonyl (C=O) groups is 2. The molecule has 0 aromatic heterocycles. The monoisotopic (exact) mass is 286 g/mol. The highest BCUT2D eigenvalue weighted by atomic mass is 16.5. The number of nitrogens with one attached hydrogen (secondary N) is 1. The number of esters is 1. The Bertz CT molecular complexity index is 320. The van der Waals surface area contributed by atoms with Gasteiger partial charge in [-0.2, -0.15) is 0 Å². The number of rotatable bonds is 8. The van der Waals surface area contributed by atoms with Gasteiger partial charge in [-0.05, 0) is 33.2 Å². The molecule has 0 spiro atoms. The lowest BCUT2D eigenvalue weighted by molar-refractivity contribution is -0.145. The molecular formula is C14H26N2O4. The second-order valence-corrected chi connectivity index (χ2v) is 5.37. The lowest BCUT2D eigenvalue weighted by Gasteiger charge is -2.15. The van der Waals surface area contributed by atoms with Gasteiger partial charge in [-0.15, -0.1) is 0 Å². The topological polar surface area (TPSA) is 67.9 Å². The van der Waals surface area contributed by atoms with E-state index in [4.69, 9.17) is 9.47 Å². The van der Waals surface area contributed by atoms with Crippen LogP contribution in [-0.4, -0.2) is 62.8 Å². The Morgan fingerprint density at radius 2 is 2.15 bits per heavy atom. The van der Waals surface area contributed by atoms with E-state index in [1.807, 2.05) is 18.7 Å². The number of likely N-dealkylation sites (tertiary alicyclic amines) is 1. The van der Waals surface area contributed by atoms with Crippen molar-refractivity contribution in [3.63, 3.8) is 0 Å². The van der Waals surface area contributed by atoms with Crippen molar-refractivity contribution >= 4 is 11.9 Å². The molecule has 0 bridgehead atoms. The molecule has 6 nitrogen and oxygen atoms in total. The maximum Gasteiger partial charge on any atom is 0.310 e. The van der Waals surface area contributed by atoms with Crippen LogP contribution in [0.3, 0.4) is 0 Å². The van der Waals surface area contributed by atoms with Crippen LogP contribution in [0.25, 0.3) is 0 Å². The standard InChI is InChI=1S/C14H26N2O4/c1-11(2)20-8-4-6-15-13(17)10-16-7-5-12(9-16)14(18)19-3/h11-12H,4-10H2,1-3H3,(H,15,17). The first-order valence-electron chi connectivity index (χ1n) is 7.21. The largest absolute Gasteiger partial charge is 0.469 e. The van der Waals surface area contributed by atoms with Crippen LogP contribution in [0, 0.1) is 5.92 Å². The Balaban J connectivity index is 2.10. The molecule has 1 amide bonds. The van der Waals surface area contributed by atoms with Gasteiger partial charge in [0.05, 0.1) is 25.7 Å². The van der Waals surface area contributed by atoms with Crippen molar-refractivity contribution in [3.8, 4) is 0 Å². The fourth-order valence-electron chi connectivity index (χ4n) is 2.21. The van der Waals surface area contributed by atoms with Crippen LogP contribution in [0.5, 0.6) is 0 Å². The van der Waals surface area contributed by atoms with Gasteiger partial charge >= 0.3 is 5.97 Å². The van der Waals surface area contributed by atoms with Gasteiger partial charge in [-0.25, -0.2) is 0 Å². The minimum atomic E-state index is -0.182. The molecule has 0 radical (unpaired) electrons. The van der Waals surface area contributed by atoms with Gasteiger partial charge in [-0.1, -0.05) is 0 Å². The van der Waals surface area contributed by atoms with Crippen molar-refractivity contribution in [1.29, 1.82) is 0 Å². The molecule has 1 rings (SSSR count). The molecule has 0 aromatic carbocycles. The van der Waals surface area contributed by atoms with Crippen LogP contribution >= 0.6 is 0 Å². The quantitative estimate of drug-likeness (QED) is 0.517. The Hall–Kier alpha value is -1.14. The lowest BCUT2D eigenvalue weighted by Crippen LogP contribution is -2.37. The van der Waals surface area contributed by atoms with Gasteiger partial charge < -0.3 is 14.8 Å². The van der Waals surface area contributed by atoms with E-state index in [2.05, 4.69) is 5.32 Å². The summed E-state index contributed by atoms with van der Waals surface area (Å²) >= 11 is 0. The van der Waals surface area contributed by atoms with Crippen molar-refractivity contribution in [2.75, 3.05) is 39.9 Å². The van der Waals surface area contributed by atoms with E-state index >= 15 is 0 Å². The summed E-state index contributed by atoms with van der Waals surface area (Å²) in [6.07, 6.45) is 1.81. The van der Waals surface area contributed by atoms with E-state index in [0.29, 0.717) is 26.2 Å². The lowest BCUT2D eigenvalue weighted by atomic mass is 10.1. The summed E-state index contributed by atoms with van der Waals surface area (Å²) in [6, 6.07) is 0. The zero-order chi connectivity index (χ0) is 15.0. The number of amides is 1. The zero-order valence-corrected chi connectivity index (χ0v) is 12.7. The normalized spacial score (nSPS) is 19.3. The predicted octanol–water partition coefficient (Wildman–Crippen LogP) is 0.413. The smallest absolute Gasteiger partial charge is 0.310 e. The van der Waals surface area contributed by atoms with Gasteiger partial charge in [0.2, 0.25) is 5.91 Å². The molecule has 1 heterocycles. The predicted molar refractivity (Wildman–Crippen MR) is 75.3 cm³/mol. The molecule has 1 atom stereocenters. The van der Waals surface area contributed by atoms with E-state index in [0.717, 1.165) is 19.4 Å². The first kappa shape index (κ1) is 16.9. The maximum atomic E-state index is 11.7. The maximum absolute atomic E-state index is 11.7. The highest BCUT2D eigenvalue weighted by Crippen LogP contribution is 2.16. The first-order chi connectivity index (χ1) is 9.52. The van der Waals surface area contributed by atoms with E-state index in [9.17, 15) is 9.59 Å². The second-order valence-electron chi connectivity index (χ2n) is 5.37. The second kappa shape index (κ2) is 8.92. The van der Waals surface area contributed by atoms with E-state index in [-0.39, 0.29) is 23.9 Å². The SMILES string of the molecule is COC(=O)C1CCN(CC(=O)NCCCOC(C)C)C1. The molecular weight excluding hydrogens is 260 g/mol. The summed E-state index contributed by atoms with van der Waals surface area (Å²) in [6.45, 7) is 6.98. The number of carbonyl (C=O) groups excluding carboxylic acids is 2. The number of ether oxygens (including phenoxy) is 2. The average molecular weight is 286 g/mol. The fourth-order valence-corrected chi connectivity index (χ4v) is 2.21. The van der Waals surface area contributed by atoms with Crippen LogP contribution < -0.4 is 5.32 Å². The average Bonchev–Trinajstić information content (AvgIpc) is 2.85. The Morgan fingerprint density at radius 3 is 2.80 bits per heavy atom. The number of nitrogens with zero attached hydrogens (tertiary/aromatic N) is 1. The third kappa shape index (κ3) is 6.34. The molecule has 1 aliphatic heterocycles. The Morgan fingerprint density at radius 1 is 1.40 bits per heavy atom. The van der Waals surface area contributed by atoms with Gasteiger partial charge in [0.25, 0.3) is 0 Å². The van der Waals surface area contributed by atoms with Crippen molar-refractivity contribution < 1.29 is 19.1 Å². The van der Waals surface area contributed by atoms with Crippen LogP contribution in [-0.2, 0) is 19.1 Å². The summed E-state index contributed by atoms with van der Waals surface area (Å²) in [5, 5.41) is 2.86. The minimum absolute atomic E-state index is 0.0000581. The summed E-state index contributed by atoms with van der Waals surface area (Å²) < 4.78 is 10.1. The Kier molecular flexibility index (Phi) is 7.54. The van der Waals surface area contributed by atoms with E-state index < -0.39 is 0 Å². The highest BCUT2D eigenvalue weighted by molar-refractivity contribution is 5.78. The molecule has 0 aromatic rings. The van der Waals surface area contributed by atoms with Gasteiger partial charge in [-0.3, -0.25) is 14.5 Å². The third-order valence-corrected chi connectivity index (χ3v) is 3.27. The molecule has 1 fully saturated rings. The van der Waals surface area contributed by atoms with Crippen LogP contribution in [0.1, 0.15) is 26.7 Å². The summed E-state index contributed by atoms with van der Waals surface area (Å²) in [7, 11) is 1.40. The van der Waals surface area contributed by atoms with Crippen molar-refractivity contribution in [2.24, 2.45) is 5.92 Å². The number of methoxy groups -OCH3 is 1. The first-order valence-corrected chi connectivity index (χ1v) is 7.21. The van der Waals surface area contributed by atoms with E-state index in [1.165, 1.54) is 7.11 Å². The van der Waals surface area contributed by atoms with Crippen LogP contribution in [0.15, 0.2) is 0 Å². The zero-order valence-electron chi connectivity index (χ0n) is 12.7. The summed E-state index contributed by atoms with van der Waals surface area (Å²) in [5.74, 6) is -0.272. The van der Waals surface area contributed by atoms with Crippen molar-refractivity contribution in [2.45, 2.75) is 32.8 Å². The summed E-state index contributed by atoms with van der Waals surface area (Å²) in [5.41, 5.74) is 0. The van der Waals surface area contributed by atoms with Crippen molar-refractivity contribution in [1.82, 2.24) is 10.2 Å². The van der Waals surface area contributed by atoms with Gasteiger partial charge in [0.15, 0.2) is 0 Å². The van der Waals surface area contributed by atoms with Crippen molar-refractivity contribution in [3.05, 3.63) is 0 Å². The molecule has 116 valence electrons. The molecule has 20 heavy (non-hydrogen) atoms. The molecule has 1 aliphatic rings. The minimum Gasteiger partial charge on any atom is -0.469 e. The molecule has 1 N–H and O–H groups in total. The van der Waals surface area contributed by atoms with Crippen LogP contribution in [0.2, 0.25) is 0 Å². The molecule has 1 saturated heterocycles. The van der Waals surface area contributed by atoms with E-state index in [1.54, 1.807) is 0 Å². The van der Waals surface area contributed by atoms with Gasteiger partial charge in [0.1, 0.15) is 0 Å². The molecule has 0 saturated carbocycles. The Labute approximate surface area is 120 Å².